The summed E-state index contributed by atoms with van der Waals surface area (Å²) < 4.78 is 7.49. The Hall–Kier alpha value is -9.18. The Balaban J connectivity index is 0.948. The maximum absolute atomic E-state index is 2.54. The Kier molecular flexibility index (Phi) is 8.58. The average molecular weight is 958 g/mol. The van der Waals surface area contributed by atoms with Crippen molar-refractivity contribution >= 4 is 65.4 Å². The van der Waals surface area contributed by atoms with E-state index in [9.17, 15) is 0 Å². The summed E-state index contributed by atoms with van der Waals surface area (Å²) in [5.41, 5.74) is 26.2. The van der Waals surface area contributed by atoms with Gasteiger partial charge < -0.3 is 13.7 Å². The van der Waals surface area contributed by atoms with E-state index in [0.717, 1.165) is 5.69 Å². The largest absolute Gasteiger partial charge is 0.309 e. The van der Waals surface area contributed by atoms with Gasteiger partial charge >= 0.3 is 0 Å². The number of benzene rings is 11. The highest BCUT2D eigenvalue weighted by Gasteiger charge is 2.38. The average Bonchev–Trinajstić information content (AvgIpc) is 4.22. The van der Waals surface area contributed by atoms with Crippen molar-refractivity contribution in [3.8, 4) is 61.6 Å². The van der Waals surface area contributed by atoms with Crippen LogP contribution in [-0.2, 0) is 10.8 Å². The highest BCUT2D eigenvalue weighted by atomic mass is 15.0. The van der Waals surface area contributed by atoms with Gasteiger partial charge in [0.1, 0.15) is 0 Å². The molecule has 0 saturated heterocycles. The molecule has 0 aliphatic heterocycles. The fraction of sp³-hybridized carbons (Fsp3) is 0.0833. The van der Waals surface area contributed by atoms with Crippen molar-refractivity contribution in [2.24, 2.45) is 0 Å². The first-order valence-electron chi connectivity index (χ1n) is 26.4. The molecular weight excluding hydrogens is 907 g/mol. The summed E-state index contributed by atoms with van der Waals surface area (Å²) >= 11 is 0. The van der Waals surface area contributed by atoms with Crippen molar-refractivity contribution in [3.05, 3.63) is 259 Å². The molecule has 11 aromatic carbocycles. The molecule has 0 fully saturated rings. The number of rotatable bonds is 5. The maximum Gasteiger partial charge on any atom is 0.0619 e. The molecule has 0 saturated carbocycles. The SMILES string of the molecule is CC1(C)c2ccccc2-c2cc3c4cc(-c5cccc6c7cccc(-c8ccc9c(c8)c8cc%10c(cc8n9-c8ccccc8)C(C)(C)c8ccccc8-%10)c7n(-c7ccccc7)c56)ccc4n(-c4ccccc4)c3cc21. The molecule has 0 N–H and O–H groups in total. The molecular formula is C72H51N3. The summed E-state index contributed by atoms with van der Waals surface area (Å²) in [6.45, 7) is 9.51. The summed E-state index contributed by atoms with van der Waals surface area (Å²) in [5, 5.41) is 7.49. The molecule has 3 heteroatoms. The Morgan fingerprint density at radius 2 is 0.600 bits per heavy atom. The monoisotopic (exact) mass is 957 g/mol. The van der Waals surface area contributed by atoms with Crippen molar-refractivity contribution in [1.82, 2.24) is 13.7 Å². The van der Waals surface area contributed by atoms with Gasteiger partial charge in [-0.1, -0.05) is 179 Å². The maximum atomic E-state index is 2.54. The third-order valence-corrected chi connectivity index (χ3v) is 17.4. The third kappa shape index (κ3) is 5.76. The summed E-state index contributed by atoms with van der Waals surface area (Å²) in [7, 11) is 0. The van der Waals surface area contributed by atoms with Crippen LogP contribution in [0.3, 0.4) is 0 Å². The van der Waals surface area contributed by atoms with Crippen molar-refractivity contribution in [2.75, 3.05) is 0 Å². The minimum absolute atomic E-state index is 0.111. The van der Waals surface area contributed by atoms with Crippen molar-refractivity contribution in [3.63, 3.8) is 0 Å². The van der Waals surface area contributed by atoms with Gasteiger partial charge in [-0.05, 0) is 141 Å². The first kappa shape index (κ1) is 42.3. The highest BCUT2D eigenvalue weighted by molar-refractivity contribution is 6.20. The molecule has 0 atom stereocenters. The second-order valence-electron chi connectivity index (χ2n) is 22.1. The second kappa shape index (κ2) is 15.2. The fourth-order valence-corrected chi connectivity index (χ4v) is 13.9. The summed E-state index contributed by atoms with van der Waals surface area (Å²) in [6, 6.07) is 88.8. The zero-order valence-corrected chi connectivity index (χ0v) is 42.4. The Morgan fingerprint density at radius 1 is 0.240 bits per heavy atom. The summed E-state index contributed by atoms with van der Waals surface area (Å²) in [4.78, 5) is 0. The van der Waals surface area contributed by atoms with Gasteiger partial charge in [-0.15, -0.1) is 0 Å². The lowest BCUT2D eigenvalue weighted by Gasteiger charge is -2.21. The van der Waals surface area contributed by atoms with E-state index in [-0.39, 0.29) is 10.8 Å². The first-order chi connectivity index (χ1) is 36.7. The van der Waals surface area contributed by atoms with E-state index in [4.69, 9.17) is 0 Å². The van der Waals surface area contributed by atoms with Gasteiger partial charge in [0.2, 0.25) is 0 Å². The van der Waals surface area contributed by atoms with Crippen LogP contribution in [0.2, 0.25) is 0 Å². The van der Waals surface area contributed by atoms with Gasteiger partial charge in [-0.2, -0.15) is 0 Å². The molecule has 0 unspecified atom stereocenters. The molecule has 0 radical (unpaired) electrons. The number of nitrogens with zero attached hydrogens (tertiary/aromatic N) is 3. The van der Waals surface area contributed by atoms with Crippen LogP contribution in [0.15, 0.2) is 237 Å². The van der Waals surface area contributed by atoms with Crippen molar-refractivity contribution < 1.29 is 0 Å². The van der Waals surface area contributed by atoms with Crippen molar-refractivity contribution in [2.45, 2.75) is 38.5 Å². The molecule has 0 bridgehead atoms. The molecule has 3 heterocycles. The van der Waals surface area contributed by atoms with Gasteiger partial charge in [-0.3, -0.25) is 0 Å². The Bertz CT molecular complexity index is 4450. The fourth-order valence-electron chi connectivity index (χ4n) is 13.9. The van der Waals surface area contributed by atoms with Crippen LogP contribution in [-0.4, -0.2) is 13.7 Å². The molecule has 16 rings (SSSR count). The van der Waals surface area contributed by atoms with Gasteiger partial charge in [0.05, 0.1) is 33.1 Å². The molecule has 75 heavy (non-hydrogen) atoms. The molecule has 2 aliphatic carbocycles. The van der Waals surface area contributed by atoms with Crippen LogP contribution in [0.25, 0.3) is 127 Å². The number of para-hydroxylation sites is 5. The van der Waals surface area contributed by atoms with Gasteiger partial charge in [0.25, 0.3) is 0 Å². The molecule has 0 spiro atoms. The molecule has 3 nitrogen and oxygen atoms in total. The lowest BCUT2D eigenvalue weighted by molar-refractivity contribution is 0.661. The summed E-state index contributed by atoms with van der Waals surface area (Å²) in [5.74, 6) is 0. The quantitative estimate of drug-likeness (QED) is 0.163. The molecule has 354 valence electrons. The third-order valence-electron chi connectivity index (χ3n) is 17.4. The van der Waals surface area contributed by atoms with E-state index in [1.807, 2.05) is 0 Å². The van der Waals surface area contributed by atoms with E-state index in [1.165, 1.54) is 144 Å². The molecule has 2 aliphatic rings. The molecule has 3 aromatic heterocycles. The standard InChI is InChI=1S/C72H51N3/c1-71(2)61-32-16-14-26-51(61)55-40-59-57-38-44(34-36-65(57)73(67(59)42-63(55)71)46-20-8-5-9-21-46)49-28-18-30-53-54-31-19-29-50(70(54)75(69(49)53)48-24-12-7-13-25-48)45-35-37-66-58(39-45)60-41-56-52-27-15-17-33-62(52)72(3,4)64(56)43-68(60)74(66)47-22-10-6-11-23-47/h5-43H,1-4H3. The highest BCUT2D eigenvalue weighted by Crippen LogP contribution is 2.53. The zero-order chi connectivity index (χ0) is 49.9. The van der Waals surface area contributed by atoms with Crippen LogP contribution >= 0.6 is 0 Å². The van der Waals surface area contributed by atoms with E-state index in [2.05, 4.69) is 278 Å². The summed E-state index contributed by atoms with van der Waals surface area (Å²) in [6.07, 6.45) is 0. The smallest absolute Gasteiger partial charge is 0.0619 e. The number of aromatic nitrogens is 3. The Morgan fingerprint density at radius 3 is 1.03 bits per heavy atom. The number of hydrogen-bond acceptors (Lipinski definition) is 0. The van der Waals surface area contributed by atoms with E-state index >= 15 is 0 Å². The number of hydrogen-bond donors (Lipinski definition) is 0. The van der Waals surface area contributed by atoms with Crippen LogP contribution in [0.1, 0.15) is 49.9 Å². The van der Waals surface area contributed by atoms with Crippen LogP contribution in [0.5, 0.6) is 0 Å². The normalized spacial score (nSPS) is 14.1. The topological polar surface area (TPSA) is 14.8 Å². The minimum Gasteiger partial charge on any atom is -0.309 e. The van der Waals surface area contributed by atoms with Crippen LogP contribution in [0.4, 0.5) is 0 Å². The van der Waals surface area contributed by atoms with E-state index in [0.29, 0.717) is 0 Å². The molecule has 14 aromatic rings. The van der Waals surface area contributed by atoms with Crippen LogP contribution < -0.4 is 0 Å². The van der Waals surface area contributed by atoms with Gasteiger partial charge in [0.15, 0.2) is 0 Å². The van der Waals surface area contributed by atoms with Crippen LogP contribution in [0, 0.1) is 0 Å². The van der Waals surface area contributed by atoms with E-state index < -0.39 is 0 Å². The first-order valence-corrected chi connectivity index (χ1v) is 26.4. The van der Waals surface area contributed by atoms with Gasteiger partial charge in [-0.25, -0.2) is 0 Å². The lowest BCUT2D eigenvalue weighted by Crippen LogP contribution is -2.14. The minimum atomic E-state index is -0.111. The van der Waals surface area contributed by atoms with Crippen molar-refractivity contribution in [1.29, 1.82) is 0 Å². The van der Waals surface area contributed by atoms with E-state index in [1.54, 1.807) is 0 Å². The predicted molar refractivity (Wildman–Crippen MR) is 315 cm³/mol. The predicted octanol–water partition coefficient (Wildman–Crippen LogP) is 18.9. The number of fused-ring (bicyclic) bond motifs is 15. The zero-order valence-electron chi connectivity index (χ0n) is 42.4. The Labute approximate surface area is 435 Å². The molecule has 0 amide bonds. The second-order valence-corrected chi connectivity index (χ2v) is 22.1. The lowest BCUT2D eigenvalue weighted by atomic mass is 9.82. The van der Waals surface area contributed by atoms with Gasteiger partial charge in [0, 0.05) is 71.3 Å².